The van der Waals surface area contributed by atoms with Gasteiger partial charge in [-0.25, -0.2) is 9.97 Å². The fourth-order valence-electron chi connectivity index (χ4n) is 7.98. The van der Waals surface area contributed by atoms with Crippen LogP contribution in [0.5, 0.6) is 0 Å². The van der Waals surface area contributed by atoms with E-state index < -0.39 is 0 Å². The summed E-state index contributed by atoms with van der Waals surface area (Å²) in [7, 11) is 0. The molecule has 0 radical (unpaired) electrons. The lowest BCUT2D eigenvalue weighted by atomic mass is 10.0. The molecule has 238 valence electrons. The summed E-state index contributed by atoms with van der Waals surface area (Å²) in [4.78, 5) is 10.7. The van der Waals surface area contributed by atoms with Gasteiger partial charge in [-0.2, -0.15) is 0 Å². The monoisotopic (exact) mass is 652 g/mol. The largest absolute Gasteiger partial charge is 0.455 e. The highest BCUT2D eigenvalue weighted by Crippen LogP contribution is 2.49. The number of aromatic nitrogens is 4. The normalized spacial score (nSPS) is 11.9. The highest BCUT2D eigenvalue weighted by molar-refractivity contribution is 6.39. The zero-order chi connectivity index (χ0) is 33.5. The van der Waals surface area contributed by atoms with Gasteiger partial charge in [-0.3, -0.25) is 4.57 Å². The molecule has 51 heavy (non-hydrogen) atoms. The Hall–Kier alpha value is -6.98. The molecule has 4 heterocycles. The average Bonchev–Trinajstić information content (AvgIpc) is 3.87. The summed E-state index contributed by atoms with van der Waals surface area (Å²) >= 11 is 0. The van der Waals surface area contributed by atoms with Crippen LogP contribution in [0.3, 0.4) is 0 Å². The Morgan fingerprint density at radius 1 is 0.412 bits per heavy atom. The van der Waals surface area contributed by atoms with Crippen LogP contribution in [0.1, 0.15) is 0 Å². The summed E-state index contributed by atoms with van der Waals surface area (Å²) in [5, 5.41) is 6.61. The minimum Gasteiger partial charge on any atom is -0.455 e. The van der Waals surface area contributed by atoms with Gasteiger partial charge in [0.1, 0.15) is 11.2 Å². The molecule has 5 heteroatoms. The molecule has 0 N–H and O–H groups in total. The first-order valence-electron chi connectivity index (χ1n) is 17.2. The molecule has 5 nitrogen and oxygen atoms in total. The van der Waals surface area contributed by atoms with Gasteiger partial charge in [-0.1, -0.05) is 133 Å². The zero-order valence-corrected chi connectivity index (χ0v) is 27.4. The van der Waals surface area contributed by atoms with Gasteiger partial charge in [0.15, 0.2) is 0 Å². The van der Waals surface area contributed by atoms with E-state index >= 15 is 0 Å². The molecule has 0 saturated carbocycles. The van der Waals surface area contributed by atoms with Crippen molar-refractivity contribution in [2.24, 2.45) is 0 Å². The molecule has 0 saturated heterocycles. The summed E-state index contributed by atoms with van der Waals surface area (Å²) < 4.78 is 11.6. The second kappa shape index (κ2) is 10.8. The molecule has 7 aromatic carbocycles. The van der Waals surface area contributed by atoms with Gasteiger partial charge >= 0.3 is 0 Å². The van der Waals surface area contributed by atoms with Crippen molar-refractivity contribution in [3.05, 3.63) is 170 Å². The molecule has 0 unspecified atom stereocenters. The molecule has 0 aliphatic carbocycles. The van der Waals surface area contributed by atoms with Crippen LogP contribution in [-0.4, -0.2) is 19.1 Å². The second-order valence-electron chi connectivity index (χ2n) is 13.0. The SMILES string of the molecule is c1ccc(-c2cc(-c3ccccc3)nc(-n3c4ccccc4c4c5oc6ccccc6c5c5c(c6ccccc6n5-c5ccccc5)c43)n2)cc1. The molecule has 0 bridgehead atoms. The zero-order valence-electron chi connectivity index (χ0n) is 27.4. The molecule has 0 atom stereocenters. The molecule has 0 spiro atoms. The third kappa shape index (κ3) is 4.03. The van der Waals surface area contributed by atoms with E-state index in [9.17, 15) is 0 Å². The smallest absolute Gasteiger partial charge is 0.235 e. The average molecular weight is 653 g/mol. The van der Waals surface area contributed by atoms with Crippen molar-refractivity contribution in [1.82, 2.24) is 19.1 Å². The third-order valence-electron chi connectivity index (χ3n) is 10.1. The van der Waals surface area contributed by atoms with Gasteiger partial charge in [0.05, 0.1) is 44.2 Å². The van der Waals surface area contributed by atoms with Crippen molar-refractivity contribution in [1.29, 1.82) is 0 Å². The predicted octanol–water partition coefficient (Wildman–Crippen LogP) is 11.9. The number of furan rings is 1. The quantitative estimate of drug-likeness (QED) is 0.190. The highest BCUT2D eigenvalue weighted by atomic mass is 16.3. The molecule has 11 rings (SSSR count). The number of hydrogen-bond donors (Lipinski definition) is 0. The minimum absolute atomic E-state index is 0.606. The van der Waals surface area contributed by atoms with Crippen molar-refractivity contribution < 1.29 is 4.42 Å². The summed E-state index contributed by atoms with van der Waals surface area (Å²) in [6, 6.07) is 59.1. The van der Waals surface area contributed by atoms with Gasteiger partial charge < -0.3 is 8.98 Å². The van der Waals surface area contributed by atoms with E-state index in [1.54, 1.807) is 0 Å². The van der Waals surface area contributed by atoms with Crippen molar-refractivity contribution >= 4 is 65.6 Å². The number of fused-ring (bicyclic) bond motifs is 12. The van der Waals surface area contributed by atoms with Gasteiger partial charge in [0, 0.05) is 38.4 Å². The van der Waals surface area contributed by atoms with Gasteiger partial charge in [-0.15, -0.1) is 0 Å². The Morgan fingerprint density at radius 3 is 1.53 bits per heavy atom. The molecular weight excluding hydrogens is 625 g/mol. The van der Waals surface area contributed by atoms with E-state index in [1.807, 2.05) is 18.2 Å². The Bertz CT molecular complexity index is 3060. The van der Waals surface area contributed by atoms with Crippen molar-refractivity contribution in [3.8, 4) is 34.2 Å². The van der Waals surface area contributed by atoms with E-state index in [1.165, 1.54) is 0 Å². The van der Waals surface area contributed by atoms with E-state index in [0.29, 0.717) is 5.95 Å². The first kappa shape index (κ1) is 27.9. The van der Waals surface area contributed by atoms with Crippen molar-refractivity contribution in [2.75, 3.05) is 0 Å². The van der Waals surface area contributed by atoms with E-state index in [0.717, 1.165) is 93.8 Å². The van der Waals surface area contributed by atoms with Crippen LogP contribution in [-0.2, 0) is 0 Å². The standard InChI is InChI=1S/C46H28N4O/c1-4-16-29(17-5-1)35-28-36(30-18-6-2-7-19-30)48-46(47-35)50-38-26-14-11-23-33(38)41-44(50)40-32-22-10-13-25-37(32)49(31-20-8-3-9-21-31)43(40)42-34-24-12-15-27-39(34)51-45(41)42/h1-28H. The number of rotatable bonds is 4. The third-order valence-corrected chi connectivity index (χ3v) is 10.1. The topological polar surface area (TPSA) is 48.8 Å². The maximum Gasteiger partial charge on any atom is 0.235 e. The summed E-state index contributed by atoms with van der Waals surface area (Å²) in [6.45, 7) is 0. The van der Waals surface area contributed by atoms with E-state index in [-0.39, 0.29) is 0 Å². The summed E-state index contributed by atoms with van der Waals surface area (Å²) in [5.41, 5.74) is 10.8. The number of benzene rings is 7. The number of para-hydroxylation sites is 4. The number of hydrogen-bond acceptors (Lipinski definition) is 3. The lowest BCUT2D eigenvalue weighted by Crippen LogP contribution is -2.04. The second-order valence-corrected chi connectivity index (χ2v) is 13.0. The molecule has 11 aromatic rings. The van der Waals surface area contributed by atoms with Gasteiger partial charge in [0.2, 0.25) is 5.95 Å². The first-order chi connectivity index (χ1) is 25.3. The van der Waals surface area contributed by atoms with Crippen LogP contribution >= 0.6 is 0 Å². The fraction of sp³-hybridized carbons (Fsp3) is 0. The van der Waals surface area contributed by atoms with E-state index in [4.69, 9.17) is 14.4 Å². The lowest BCUT2D eigenvalue weighted by molar-refractivity contribution is 0.673. The molecule has 4 aromatic heterocycles. The predicted molar refractivity (Wildman–Crippen MR) is 209 cm³/mol. The lowest BCUT2D eigenvalue weighted by Gasteiger charge is -2.13. The van der Waals surface area contributed by atoms with Gasteiger partial charge in [0.25, 0.3) is 0 Å². The molecule has 0 fully saturated rings. The Labute approximate surface area is 292 Å². The Kier molecular flexibility index (Phi) is 5.89. The maximum absolute atomic E-state index is 6.94. The van der Waals surface area contributed by atoms with Crippen molar-refractivity contribution in [2.45, 2.75) is 0 Å². The summed E-state index contributed by atoms with van der Waals surface area (Å²) in [5.74, 6) is 0.606. The van der Waals surface area contributed by atoms with Crippen LogP contribution < -0.4 is 0 Å². The Morgan fingerprint density at radius 2 is 0.882 bits per heavy atom. The van der Waals surface area contributed by atoms with Crippen LogP contribution in [0.15, 0.2) is 174 Å². The first-order valence-corrected chi connectivity index (χ1v) is 17.2. The Balaban J connectivity index is 1.41. The van der Waals surface area contributed by atoms with Gasteiger partial charge in [-0.05, 0) is 36.4 Å². The molecule has 0 amide bonds. The van der Waals surface area contributed by atoms with Crippen LogP contribution in [0.25, 0.3) is 99.7 Å². The summed E-state index contributed by atoms with van der Waals surface area (Å²) in [6.07, 6.45) is 0. The maximum atomic E-state index is 6.94. The van der Waals surface area contributed by atoms with E-state index in [2.05, 4.69) is 161 Å². The highest BCUT2D eigenvalue weighted by Gasteiger charge is 2.28. The van der Waals surface area contributed by atoms with Crippen LogP contribution in [0.2, 0.25) is 0 Å². The molecular formula is C46H28N4O. The fourth-order valence-corrected chi connectivity index (χ4v) is 7.98. The van der Waals surface area contributed by atoms with Crippen LogP contribution in [0.4, 0.5) is 0 Å². The van der Waals surface area contributed by atoms with Crippen LogP contribution in [0, 0.1) is 0 Å². The molecule has 0 aliphatic rings. The minimum atomic E-state index is 0.606. The number of nitrogens with zero attached hydrogens (tertiary/aromatic N) is 4. The molecule has 0 aliphatic heterocycles. The van der Waals surface area contributed by atoms with Crippen molar-refractivity contribution in [3.63, 3.8) is 0 Å².